The Balaban J connectivity index is 2.13. The number of hydrogen-bond donors (Lipinski definition) is 2. The van der Waals surface area contributed by atoms with Gasteiger partial charge in [-0.15, -0.1) is 0 Å². The molecule has 1 aromatic carbocycles. The minimum absolute atomic E-state index is 0.102. The number of nitrogens with two attached hydrogens (primary N) is 1. The van der Waals surface area contributed by atoms with E-state index in [-0.39, 0.29) is 12.1 Å². The number of anilines is 2. The first-order valence-corrected chi connectivity index (χ1v) is 6.79. The second-order valence-corrected chi connectivity index (χ2v) is 5.07. The molecule has 0 amide bonds. The maximum atomic E-state index is 5.92. The maximum Gasteiger partial charge on any atom is 0.144 e. The molecule has 0 aliphatic carbocycles. The zero-order chi connectivity index (χ0) is 14.5. The molecule has 1 aromatic heterocycles. The number of ether oxygens (including phenoxy) is 1. The van der Waals surface area contributed by atoms with Gasteiger partial charge in [0.25, 0.3) is 0 Å². The second-order valence-electron chi connectivity index (χ2n) is 5.07. The van der Waals surface area contributed by atoms with Gasteiger partial charge in [0, 0.05) is 30.2 Å². The summed E-state index contributed by atoms with van der Waals surface area (Å²) < 4.78 is 5.70. The molecule has 0 aliphatic rings. The van der Waals surface area contributed by atoms with Crippen molar-refractivity contribution < 1.29 is 4.74 Å². The van der Waals surface area contributed by atoms with Gasteiger partial charge < -0.3 is 15.8 Å². The number of nitrogens with one attached hydrogen (secondary N) is 1. The molecule has 0 fully saturated rings. The van der Waals surface area contributed by atoms with E-state index in [4.69, 9.17) is 10.5 Å². The summed E-state index contributed by atoms with van der Waals surface area (Å²) in [5, 5.41) is 3.44. The summed E-state index contributed by atoms with van der Waals surface area (Å²) in [5.41, 5.74) is 8.74. The molecule has 0 saturated carbocycles. The predicted octanol–water partition coefficient (Wildman–Crippen LogP) is 3.62. The van der Waals surface area contributed by atoms with Gasteiger partial charge in [-0.1, -0.05) is 0 Å². The number of benzene rings is 1. The van der Waals surface area contributed by atoms with Crippen LogP contribution in [0.3, 0.4) is 0 Å². The predicted molar refractivity (Wildman–Crippen MR) is 82.9 cm³/mol. The van der Waals surface area contributed by atoms with E-state index < -0.39 is 0 Å². The zero-order valence-electron chi connectivity index (χ0n) is 12.1. The average Bonchev–Trinajstić information content (AvgIpc) is 2.43. The number of rotatable bonds is 5. The Morgan fingerprint density at radius 3 is 2.45 bits per heavy atom. The highest BCUT2D eigenvalue weighted by Gasteiger charge is 2.08. The van der Waals surface area contributed by atoms with Crippen LogP contribution >= 0.6 is 0 Å². The van der Waals surface area contributed by atoms with Crippen molar-refractivity contribution in [3.63, 3.8) is 0 Å². The average molecular weight is 271 g/mol. The number of hydrogen-bond acceptors (Lipinski definition) is 4. The third kappa shape index (κ3) is 3.63. The molecule has 106 valence electrons. The molecule has 0 radical (unpaired) electrons. The van der Waals surface area contributed by atoms with Crippen molar-refractivity contribution >= 4 is 11.4 Å². The third-order valence-corrected chi connectivity index (χ3v) is 2.97. The summed E-state index contributed by atoms with van der Waals surface area (Å²) >= 11 is 0. The molecule has 2 rings (SSSR count). The van der Waals surface area contributed by atoms with Crippen LogP contribution in [0.25, 0.3) is 0 Å². The molecule has 4 heteroatoms. The molecular formula is C16H21N3O. The van der Waals surface area contributed by atoms with Crippen LogP contribution in [0.4, 0.5) is 11.4 Å². The smallest absolute Gasteiger partial charge is 0.144 e. The van der Waals surface area contributed by atoms with Crippen LogP contribution in [0, 0.1) is 0 Å². The molecule has 3 N–H and O–H groups in total. The van der Waals surface area contributed by atoms with E-state index in [9.17, 15) is 0 Å². The van der Waals surface area contributed by atoms with Crippen LogP contribution in [-0.2, 0) is 0 Å². The van der Waals surface area contributed by atoms with E-state index in [0.29, 0.717) is 11.4 Å². The summed E-state index contributed by atoms with van der Waals surface area (Å²) in [4.78, 5) is 4.03. The van der Waals surface area contributed by atoms with Crippen LogP contribution in [0.15, 0.2) is 42.7 Å². The minimum Gasteiger partial charge on any atom is -0.489 e. The summed E-state index contributed by atoms with van der Waals surface area (Å²) in [5.74, 6) is 0.715. The van der Waals surface area contributed by atoms with Crippen molar-refractivity contribution in [1.82, 2.24) is 4.98 Å². The SMILES string of the molecule is CC(C)Oc1cc(NC(C)c2ccncc2)ccc1N. The molecule has 1 atom stereocenters. The molecule has 4 nitrogen and oxygen atoms in total. The quantitative estimate of drug-likeness (QED) is 0.815. The van der Waals surface area contributed by atoms with Crippen LogP contribution in [0.5, 0.6) is 5.75 Å². The topological polar surface area (TPSA) is 60.2 Å². The molecule has 20 heavy (non-hydrogen) atoms. The van der Waals surface area contributed by atoms with Crippen molar-refractivity contribution in [2.24, 2.45) is 0 Å². The normalized spacial score (nSPS) is 12.2. The summed E-state index contributed by atoms with van der Waals surface area (Å²) in [7, 11) is 0. The zero-order valence-corrected chi connectivity index (χ0v) is 12.1. The van der Waals surface area contributed by atoms with Crippen LogP contribution in [0.2, 0.25) is 0 Å². The highest BCUT2D eigenvalue weighted by atomic mass is 16.5. The van der Waals surface area contributed by atoms with E-state index in [2.05, 4.69) is 17.2 Å². The molecule has 2 aromatic rings. The lowest BCUT2D eigenvalue weighted by Crippen LogP contribution is -2.09. The third-order valence-electron chi connectivity index (χ3n) is 2.97. The Morgan fingerprint density at radius 2 is 1.80 bits per heavy atom. The first-order chi connectivity index (χ1) is 9.56. The van der Waals surface area contributed by atoms with Crippen molar-refractivity contribution in [3.05, 3.63) is 48.3 Å². The van der Waals surface area contributed by atoms with Gasteiger partial charge in [-0.3, -0.25) is 4.98 Å². The Bertz CT molecular complexity index is 555. The standard InChI is InChI=1S/C16H21N3O/c1-11(2)20-16-10-14(4-5-15(16)17)19-12(3)13-6-8-18-9-7-13/h4-12,19H,17H2,1-3H3. The lowest BCUT2D eigenvalue weighted by Gasteiger charge is -2.18. The summed E-state index contributed by atoms with van der Waals surface area (Å²) in [6.07, 6.45) is 3.69. The van der Waals surface area contributed by atoms with Gasteiger partial charge in [0.2, 0.25) is 0 Å². The molecule has 0 spiro atoms. The number of aromatic nitrogens is 1. The number of nitrogens with zero attached hydrogens (tertiary/aromatic N) is 1. The number of nitrogen functional groups attached to an aromatic ring is 1. The van der Waals surface area contributed by atoms with Gasteiger partial charge in [-0.2, -0.15) is 0 Å². The second kappa shape index (κ2) is 6.28. The van der Waals surface area contributed by atoms with Gasteiger partial charge in [0.15, 0.2) is 0 Å². The Labute approximate surface area is 120 Å². The molecule has 1 unspecified atom stereocenters. The minimum atomic E-state index is 0.102. The first kappa shape index (κ1) is 14.2. The molecule has 0 aliphatic heterocycles. The van der Waals surface area contributed by atoms with Crippen LogP contribution in [0.1, 0.15) is 32.4 Å². The van der Waals surface area contributed by atoms with Crippen LogP contribution < -0.4 is 15.8 Å². The van der Waals surface area contributed by atoms with Crippen molar-refractivity contribution in [1.29, 1.82) is 0 Å². The van der Waals surface area contributed by atoms with Crippen molar-refractivity contribution in [3.8, 4) is 5.75 Å². The molecule has 0 saturated heterocycles. The van der Waals surface area contributed by atoms with Gasteiger partial charge in [0.05, 0.1) is 11.8 Å². The first-order valence-electron chi connectivity index (χ1n) is 6.79. The fraction of sp³-hybridized carbons (Fsp3) is 0.312. The highest BCUT2D eigenvalue weighted by molar-refractivity contribution is 5.61. The monoisotopic (exact) mass is 271 g/mol. The van der Waals surface area contributed by atoms with Gasteiger partial charge in [0.1, 0.15) is 5.75 Å². The van der Waals surface area contributed by atoms with E-state index in [1.807, 2.05) is 44.2 Å². The van der Waals surface area contributed by atoms with E-state index in [1.165, 1.54) is 5.56 Å². The Hall–Kier alpha value is -2.23. The highest BCUT2D eigenvalue weighted by Crippen LogP contribution is 2.28. The lowest BCUT2D eigenvalue weighted by atomic mass is 10.1. The summed E-state index contributed by atoms with van der Waals surface area (Å²) in [6.45, 7) is 6.08. The Kier molecular flexibility index (Phi) is 4.45. The van der Waals surface area contributed by atoms with Gasteiger partial charge in [-0.05, 0) is 50.6 Å². The van der Waals surface area contributed by atoms with E-state index in [1.54, 1.807) is 12.4 Å². The van der Waals surface area contributed by atoms with Gasteiger partial charge in [-0.25, -0.2) is 0 Å². The van der Waals surface area contributed by atoms with Gasteiger partial charge >= 0.3 is 0 Å². The van der Waals surface area contributed by atoms with E-state index in [0.717, 1.165) is 5.69 Å². The molecular weight excluding hydrogens is 250 g/mol. The van der Waals surface area contributed by atoms with Crippen molar-refractivity contribution in [2.45, 2.75) is 32.9 Å². The van der Waals surface area contributed by atoms with Crippen molar-refractivity contribution in [2.75, 3.05) is 11.1 Å². The molecule has 1 heterocycles. The van der Waals surface area contributed by atoms with Crippen LogP contribution in [-0.4, -0.2) is 11.1 Å². The Morgan fingerprint density at radius 1 is 1.10 bits per heavy atom. The summed E-state index contributed by atoms with van der Waals surface area (Å²) in [6, 6.07) is 9.95. The molecule has 0 bridgehead atoms. The maximum absolute atomic E-state index is 5.92. The largest absolute Gasteiger partial charge is 0.489 e. The number of pyridine rings is 1. The lowest BCUT2D eigenvalue weighted by molar-refractivity contribution is 0.244. The van der Waals surface area contributed by atoms with E-state index >= 15 is 0 Å². The fourth-order valence-electron chi connectivity index (χ4n) is 1.97. The fourth-order valence-corrected chi connectivity index (χ4v) is 1.97.